The van der Waals surface area contributed by atoms with E-state index >= 15 is 0 Å². The zero-order valence-electron chi connectivity index (χ0n) is 11.4. The van der Waals surface area contributed by atoms with Crippen LogP contribution in [-0.4, -0.2) is 26.2 Å². The first-order valence-electron chi connectivity index (χ1n) is 6.81. The van der Waals surface area contributed by atoms with Crippen LogP contribution in [0.15, 0.2) is 24.3 Å². The lowest BCUT2D eigenvalue weighted by molar-refractivity contribution is 0.432. The number of tetrazole rings is 1. The topological polar surface area (TPSA) is 55.6 Å². The van der Waals surface area contributed by atoms with Gasteiger partial charge in [-0.05, 0) is 34.4 Å². The van der Waals surface area contributed by atoms with Gasteiger partial charge in [-0.2, -0.15) is 0 Å². The molecule has 0 bridgehead atoms. The molecule has 1 aliphatic rings. The molecular formula is C14H19N5. The highest BCUT2D eigenvalue weighted by Gasteiger charge is 2.25. The van der Waals surface area contributed by atoms with E-state index in [2.05, 4.69) is 59.0 Å². The Bertz CT molecular complexity index is 535. The van der Waals surface area contributed by atoms with Crippen molar-refractivity contribution in [3.05, 3.63) is 41.2 Å². The summed E-state index contributed by atoms with van der Waals surface area (Å²) >= 11 is 0. The molecule has 1 N–H and O–H groups in total. The Kier molecular flexibility index (Phi) is 3.29. The van der Waals surface area contributed by atoms with Crippen molar-refractivity contribution < 1.29 is 0 Å². The van der Waals surface area contributed by atoms with Gasteiger partial charge in [0.2, 0.25) is 0 Å². The molecule has 1 aromatic heterocycles. The van der Waals surface area contributed by atoms with Gasteiger partial charge in [0.25, 0.3) is 0 Å². The third-order valence-electron chi connectivity index (χ3n) is 3.60. The van der Waals surface area contributed by atoms with E-state index in [1.54, 1.807) is 0 Å². The van der Waals surface area contributed by atoms with Crippen LogP contribution >= 0.6 is 0 Å². The zero-order chi connectivity index (χ0) is 13.2. The Morgan fingerprint density at radius 2 is 1.95 bits per heavy atom. The summed E-state index contributed by atoms with van der Waals surface area (Å²) in [5.41, 5.74) is 2.84. The third kappa shape index (κ3) is 2.51. The van der Waals surface area contributed by atoms with Crippen molar-refractivity contribution in [2.45, 2.75) is 45.3 Å². The van der Waals surface area contributed by atoms with Crippen LogP contribution in [0, 0.1) is 0 Å². The highest BCUT2D eigenvalue weighted by atomic mass is 15.6. The van der Waals surface area contributed by atoms with Crippen LogP contribution < -0.4 is 5.32 Å². The fraction of sp³-hybridized carbons (Fsp3) is 0.500. The van der Waals surface area contributed by atoms with Crippen LogP contribution in [0.5, 0.6) is 0 Å². The Balaban J connectivity index is 1.76. The average molecular weight is 257 g/mol. The molecule has 0 saturated heterocycles. The summed E-state index contributed by atoms with van der Waals surface area (Å²) in [5.74, 6) is 0.923. The first kappa shape index (κ1) is 12.3. The van der Waals surface area contributed by atoms with E-state index in [-0.39, 0.29) is 0 Å². The maximum absolute atomic E-state index is 4.17. The number of rotatable bonds is 4. The van der Waals surface area contributed by atoms with Crippen LogP contribution in [-0.2, 0) is 19.4 Å². The van der Waals surface area contributed by atoms with Gasteiger partial charge in [-0.3, -0.25) is 0 Å². The van der Waals surface area contributed by atoms with Gasteiger partial charge >= 0.3 is 0 Å². The maximum atomic E-state index is 4.17. The van der Waals surface area contributed by atoms with Gasteiger partial charge in [0.15, 0.2) is 5.82 Å². The second-order valence-corrected chi connectivity index (χ2v) is 5.41. The van der Waals surface area contributed by atoms with Gasteiger partial charge in [0.05, 0.1) is 12.6 Å². The monoisotopic (exact) mass is 257 g/mol. The van der Waals surface area contributed by atoms with E-state index < -0.39 is 0 Å². The third-order valence-corrected chi connectivity index (χ3v) is 3.60. The summed E-state index contributed by atoms with van der Waals surface area (Å²) in [5, 5.41) is 15.5. The molecule has 0 saturated carbocycles. The Hall–Kier alpha value is -1.75. The predicted octanol–water partition coefficient (Wildman–Crippen LogP) is 1.51. The lowest BCUT2D eigenvalue weighted by atomic mass is 10.1. The molecule has 1 heterocycles. The highest BCUT2D eigenvalue weighted by Crippen LogP contribution is 2.29. The quantitative estimate of drug-likeness (QED) is 0.902. The number of hydrogen-bond donors (Lipinski definition) is 1. The molecule has 19 heavy (non-hydrogen) atoms. The van der Waals surface area contributed by atoms with Gasteiger partial charge in [0.1, 0.15) is 0 Å². The molecule has 0 amide bonds. The minimum Gasteiger partial charge on any atom is -0.308 e. The number of benzene rings is 1. The van der Waals surface area contributed by atoms with Crippen molar-refractivity contribution in [3.63, 3.8) is 0 Å². The van der Waals surface area contributed by atoms with Gasteiger partial charge in [-0.15, -0.1) is 5.10 Å². The molecule has 0 aliphatic heterocycles. The van der Waals surface area contributed by atoms with Gasteiger partial charge in [-0.1, -0.05) is 38.1 Å². The molecule has 5 heteroatoms. The Labute approximate surface area is 113 Å². The first-order chi connectivity index (χ1) is 9.24. The second-order valence-electron chi connectivity index (χ2n) is 5.41. The smallest absolute Gasteiger partial charge is 0.165 e. The first-order valence-corrected chi connectivity index (χ1v) is 6.81. The number of fused-ring (bicyclic) bond motifs is 1. The lowest BCUT2D eigenvalue weighted by Crippen LogP contribution is -2.25. The lowest BCUT2D eigenvalue weighted by Gasteiger charge is -2.13. The van der Waals surface area contributed by atoms with E-state index in [1.165, 1.54) is 11.1 Å². The normalized spacial score (nSPS) is 15.1. The van der Waals surface area contributed by atoms with Crippen LogP contribution in [0.25, 0.3) is 0 Å². The summed E-state index contributed by atoms with van der Waals surface area (Å²) in [6, 6.07) is 9.39. The minimum absolute atomic E-state index is 0.358. The van der Waals surface area contributed by atoms with Crippen molar-refractivity contribution >= 4 is 0 Å². The van der Waals surface area contributed by atoms with E-state index in [0.29, 0.717) is 12.1 Å². The minimum atomic E-state index is 0.358. The van der Waals surface area contributed by atoms with Gasteiger partial charge in [-0.25, -0.2) is 4.68 Å². The van der Waals surface area contributed by atoms with E-state index in [0.717, 1.165) is 25.2 Å². The standard InChI is InChI=1S/C14H19N5/c1-10(2)15-9-14-16-17-18-19(14)13-7-11-5-3-4-6-12(11)8-13/h3-6,10,13,15H,7-9H2,1-2H3. The fourth-order valence-corrected chi connectivity index (χ4v) is 2.62. The van der Waals surface area contributed by atoms with Crippen molar-refractivity contribution in [2.75, 3.05) is 0 Å². The van der Waals surface area contributed by atoms with Crippen molar-refractivity contribution in [1.82, 2.24) is 25.5 Å². The summed E-state index contributed by atoms with van der Waals surface area (Å²) < 4.78 is 1.98. The second kappa shape index (κ2) is 5.09. The van der Waals surface area contributed by atoms with Crippen LogP contribution in [0.2, 0.25) is 0 Å². The van der Waals surface area contributed by atoms with Crippen molar-refractivity contribution in [2.24, 2.45) is 0 Å². The van der Waals surface area contributed by atoms with Crippen LogP contribution in [0.3, 0.4) is 0 Å². The molecule has 5 nitrogen and oxygen atoms in total. The number of aromatic nitrogens is 4. The predicted molar refractivity (Wildman–Crippen MR) is 72.7 cm³/mol. The summed E-state index contributed by atoms with van der Waals surface area (Å²) in [6.07, 6.45) is 2.05. The molecule has 100 valence electrons. The van der Waals surface area contributed by atoms with E-state index in [1.807, 2.05) is 4.68 Å². The average Bonchev–Trinajstić information content (AvgIpc) is 3.02. The molecule has 0 unspecified atom stereocenters. The molecule has 1 aliphatic carbocycles. The fourth-order valence-electron chi connectivity index (χ4n) is 2.62. The molecular weight excluding hydrogens is 238 g/mol. The summed E-state index contributed by atoms with van der Waals surface area (Å²) in [4.78, 5) is 0. The molecule has 0 fully saturated rings. The van der Waals surface area contributed by atoms with Crippen molar-refractivity contribution in [3.8, 4) is 0 Å². The maximum Gasteiger partial charge on any atom is 0.165 e. The number of nitrogens with zero attached hydrogens (tertiary/aromatic N) is 4. The molecule has 0 atom stereocenters. The SMILES string of the molecule is CC(C)NCc1nnnn1C1Cc2ccccc2C1. The number of hydrogen-bond acceptors (Lipinski definition) is 4. The summed E-state index contributed by atoms with van der Waals surface area (Å²) in [7, 11) is 0. The van der Waals surface area contributed by atoms with Crippen LogP contribution in [0.4, 0.5) is 0 Å². The zero-order valence-corrected chi connectivity index (χ0v) is 11.4. The van der Waals surface area contributed by atoms with Crippen molar-refractivity contribution in [1.29, 1.82) is 0 Å². The highest BCUT2D eigenvalue weighted by molar-refractivity contribution is 5.32. The molecule has 3 rings (SSSR count). The van der Waals surface area contributed by atoms with Crippen LogP contribution in [0.1, 0.15) is 36.8 Å². The largest absolute Gasteiger partial charge is 0.308 e. The number of nitrogens with one attached hydrogen (secondary N) is 1. The van der Waals surface area contributed by atoms with Gasteiger partial charge in [0, 0.05) is 6.04 Å². The Morgan fingerprint density at radius 3 is 2.58 bits per heavy atom. The van der Waals surface area contributed by atoms with Gasteiger partial charge < -0.3 is 5.32 Å². The summed E-state index contributed by atoms with van der Waals surface area (Å²) in [6.45, 7) is 4.97. The van der Waals surface area contributed by atoms with E-state index in [9.17, 15) is 0 Å². The molecule has 0 spiro atoms. The molecule has 2 aromatic rings. The van der Waals surface area contributed by atoms with E-state index in [4.69, 9.17) is 0 Å². The molecule has 1 aromatic carbocycles. The molecule has 0 radical (unpaired) electrons. The Morgan fingerprint density at radius 1 is 1.26 bits per heavy atom.